The van der Waals surface area contributed by atoms with Crippen molar-refractivity contribution in [2.24, 2.45) is 5.73 Å². The summed E-state index contributed by atoms with van der Waals surface area (Å²) in [6.07, 6.45) is 3.44. The first-order chi connectivity index (χ1) is 14.4. The summed E-state index contributed by atoms with van der Waals surface area (Å²) in [5, 5.41) is 0.847. The van der Waals surface area contributed by atoms with Gasteiger partial charge < -0.3 is 20.6 Å². The summed E-state index contributed by atoms with van der Waals surface area (Å²) in [6, 6.07) is 5.79. The lowest BCUT2D eigenvalue weighted by atomic mass is 9.96. The zero-order valence-electron chi connectivity index (χ0n) is 16.5. The molecule has 4 N–H and O–H groups in total. The van der Waals surface area contributed by atoms with Crippen LogP contribution in [-0.2, 0) is 6.54 Å². The zero-order chi connectivity index (χ0) is 21.2. The Balaban J connectivity index is 1.91. The van der Waals surface area contributed by atoms with Crippen molar-refractivity contribution in [2.75, 3.05) is 12.3 Å². The number of fused-ring (bicyclic) bond motifs is 3. The van der Waals surface area contributed by atoms with Crippen molar-refractivity contribution in [3.63, 3.8) is 0 Å². The van der Waals surface area contributed by atoms with E-state index in [9.17, 15) is 13.6 Å². The Labute approximate surface area is 170 Å². The fraction of sp³-hybridized carbons (Fsp3) is 0.273. The van der Waals surface area contributed by atoms with E-state index in [0.717, 1.165) is 41.4 Å². The van der Waals surface area contributed by atoms with Crippen molar-refractivity contribution in [1.29, 1.82) is 0 Å². The van der Waals surface area contributed by atoms with Gasteiger partial charge in [-0.2, -0.15) is 0 Å². The molecule has 1 aliphatic rings. The average molecular weight is 409 g/mol. The second-order valence-corrected chi connectivity index (χ2v) is 7.82. The Morgan fingerprint density at radius 3 is 2.60 bits per heavy atom. The second-order valence-electron chi connectivity index (χ2n) is 7.82. The van der Waals surface area contributed by atoms with Crippen LogP contribution < -0.4 is 17.0 Å². The van der Waals surface area contributed by atoms with E-state index in [2.05, 4.69) is 4.98 Å². The summed E-state index contributed by atoms with van der Waals surface area (Å²) >= 11 is 0. The third-order valence-electron chi connectivity index (χ3n) is 5.84. The first-order valence-electron chi connectivity index (χ1n) is 9.90. The summed E-state index contributed by atoms with van der Waals surface area (Å²) in [4.78, 5) is 17.7. The molecule has 8 heteroatoms. The number of anilines is 1. The van der Waals surface area contributed by atoms with E-state index in [1.165, 1.54) is 0 Å². The third-order valence-corrected chi connectivity index (χ3v) is 5.84. The number of nitrogens with zero attached hydrogens (tertiary/aromatic N) is 3. The molecule has 0 radical (unpaired) electrons. The second kappa shape index (κ2) is 6.63. The summed E-state index contributed by atoms with van der Waals surface area (Å²) in [6.45, 7) is 2.77. The number of hydrogen-bond donors (Lipinski definition) is 2. The predicted molar refractivity (Wildman–Crippen MR) is 113 cm³/mol. The number of hydrogen-bond acceptors (Lipinski definition) is 4. The standard InChI is InChI=1S/C22H21F2N5O/c1-11-13(15-8-17(24)18(26)9-16(15)23)4-5-14-20(11)29(12-2-3-12)22(30)19-21(14)28(7-6-25)10-27-19/h4-5,8-10,12H,2-3,6-7,25-26H2,1H3. The smallest absolute Gasteiger partial charge is 0.279 e. The maximum absolute atomic E-state index is 14.7. The van der Waals surface area contributed by atoms with E-state index < -0.39 is 11.6 Å². The van der Waals surface area contributed by atoms with Crippen molar-refractivity contribution >= 4 is 27.6 Å². The fourth-order valence-corrected chi connectivity index (χ4v) is 4.29. The molecule has 0 atom stereocenters. The van der Waals surface area contributed by atoms with E-state index in [1.54, 1.807) is 17.0 Å². The highest BCUT2D eigenvalue weighted by atomic mass is 19.1. The van der Waals surface area contributed by atoms with Gasteiger partial charge in [0.2, 0.25) is 0 Å². The summed E-state index contributed by atoms with van der Waals surface area (Å²) in [7, 11) is 0. The molecule has 0 aliphatic heterocycles. The molecule has 2 heterocycles. The van der Waals surface area contributed by atoms with Crippen molar-refractivity contribution < 1.29 is 8.78 Å². The zero-order valence-corrected chi connectivity index (χ0v) is 16.5. The lowest BCUT2D eigenvalue weighted by Gasteiger charge is -2.17. The quantitative estimate of drug-likeness (QED) is 0.505. The fourth-order valence-electron chi connectivity index (χ4n) is 4.29. The lowest BCUT2D eigenvalue weighted by Crippen LogP contribution is -2.21. The summed E-state index contributed by atoms with van der Waals surface area (Å²) in [5.41, 5.74) is 14.0. The Morgan fingerprint density at radius 1 is 1.13 bits per heavy atom. The number of halogens is 2. The van der Waals surface area contributed by atoms with Crippen LogP contribution >= 0.6 is 0 Å². The van der Waals surface area contributed by atoms with Gasteiger partial charge in [0.25, 0.3) is 5.56 Å². The average Bonchev–Trinajstić information content (AvgIpc) is 3.46. The summed E-state index contributed by atoms with van der Waals surface area (Å²) < 4.78 is 32.4. The highest BCUT2D eigenvalue weighted by molar-refractivity contribution is 6.05. The first kappa shape index (κ1) is 18.7. The minimum atomic E-state index is -0.679. The third kappa shape index (κ3) is 2.64. The van der Waals surface area contributed by atoms with E-state index in [1.807, 2.05) is 17.6 Å². The largest absolute Gasteiger partial charge is 0.396 e. The van der Waals surface area contributed by atoms with Gasteiger partial charge >= 0.3 is 0 Å². The minimum absolute atomic E-state index is 0.0889. The molecule has 0 unspecified atom stereocenters. The molecule has 1 fully saturated rings. The number of benzene rings is 2. The first-order valence-corrected chi connectivity index (χ1v) is 9.90. The maximum atomic E-state index is 14.7. The van der Waals surface area contributed by atoms with Gasteiger partial charge in [0.05, 0.1) is 23.0 Å². The van der Waals surface area contributed by atoms with Gasteiger partial charge in [-0.1, -0.05) is 12.1 Å². The van der Waals surface area contributed by atoms with Gasteiger partial charge in [-0.3, -0.25) is 4.79 Å². The number of nitrogens with two attached hydrogens (primary N) is 2. The lowest BCUT2D eigenvalue weighted by molar-refractivity contribution is 0.607. The molecule has 0 amide bonds. The van der Waals surface area contributed by atoms with Crippen molar-refractivity contribution in [1.82, 2.24) is 14.1 Å². The molecular formula is C22H21F2N5O. The number of rotatable bonds is 4. The molecule has 2 aromatic heterocycles. The molecule has 154 valence electrons. The van der Waals surface area contributed by atoms with Crippen LogP contribution in [0.2, 0.25) is 0 Å². The molecular weight excluding hydrogens is 388 g/mol. The van der Waals surface area contributed by atoms with Crippen LogP contribution in [0.25, 0.3) is 33.1 Å². The van der Waals surface area contributed by atoms with Crippen molar-refractivity contribution in [3.05, 3.63) is 58.1 Å². The van der Waals surface area contributed by atoms with Gasteiger partial charge in [0.1, 0.15) is 11.6 Å². The number of nitrogen functional groups attached to an aromatic ring is 1. The molecule has 0 bridgehead atoms. The molecule has 5 rings (SSSR count). The molecule has 4 aromatic rings. The van der Waals surface area contributed by atoms with Crippen LogP contribution in [-0.4, -0.2) is 20.7 Å². The molecule has 6 nitrogen and oxygen atoms in total. The van der Waals surface area contributed by atoms with E-state index in [4.69, 9.17) is 11.5 Å². The minimum Gasteiger partial charge on any atom is -0.396 e. The topological polar surface area (TPSA) is 91.9 Å². The number of pyridine rings is 1. The van der Waals surface area contributed by atoms with Gasteiger partial charge in [-0.05, 0) is 37.0 Å². The Kier molecular flexibility index (Phi) is 4.14. The van der Waals surface area contributed by atoms with E-state index in [-0.39, 0.29) is 22.9 Å². The summed E-state index contributed by atoms with van der Waals surface area (Å²) in [5.74, 6) is -1.28. The van der Waals surface area contributed by atoms with Crippen LogP contribution in [0.3, 0.4) is 0 Å². The van der Waals surface area contributed by atoms with E-state index in [0.29, 0.717) is 29.7 Å². The Hall–Kier alpha value is -3.26. The SMILES string of the molecule is Cc1c(-c2cc(F)c(N)cc2F)ccc2c3c(ncn3CCN)c(=O)n(C3CC3)c12. The van der Waals surface area contributed by atoms with Crippen LogP contribution in [0.15, 0.2) is 35.4 Å². The highest BCUT2D eigenvalue weighted by Crippen LogP contribution is 2.40. The van der Waals surface area contributed by atoms with Gasteiger partial charge in [-0.15, -0.1) is 0 Å². The number of aryl methyl sites for hydroxylation is 1. The Morgan fingerprint density at radius 2 is 1.90 bits per heavy atom. The molecule has 0 saturated heterocycles. The van der Waals surface area contributed by atoms with Crippen LogP contribution in [0, 0.1) is 18.6 Å². The Bertz CT molecular complexity index is 1380. The van der Waals surface area contributed by atoms with E-state index >= 15 is 0 Å². The van der Waals surface area contributed by atoms with Gasteiger partial charge in [0.15, 0.2) is 5.52 Å². The molecule has 1 aliphatic carbocycles. The number of imidazole rings is 1. The van der Waals surface area contributed by atoms with Crippen molar-refractivity contribution in [3.8, 4) is 11.1 Å². The predicted octanol–water partition coefficient (Wildman–Crippen LogP) is 3.48. The highest BCUT2D eigenvalue weighted by Gasteiger charge is 2.30. The normalized spacial score (nSPS) is 14.1. The monoisotopic (exact) mass is 409 g/mol. The molecule has 0 spiro atoms. The molecule has 2 aromatic carbocycles. The van der Waals surface area contributed by atoms with Gasteiger partial charge in [0, 0.05) is 36.1 Å². The van der Waals surface area contributed by atoms with Gasteiger partial charge in [-0.25, -0.2) is 13.8 Å². The number of aromatic nitrogens is 3. The maximum Gasteiger partial charge on any atom is 0.279 e. The van der Waals surface area contributed by atoms with Crippen molar-refractivity contribution in [2.45, 2.75) is 32.4 Å². The molecule has 1 saturated carbocycles. The van der Waals surface area contributed by atoms with Crippen LogP contribution in [0.4, 0.5) is 14.5 Å². The van der Waals surface area contributed by atoms with Crippen LogP contribution in [0.5, 0.6) is 0 Å². The molecule has 30 heavy (non-hydrogen) atoms. The van der Waals surface area contributed by atoms with Crippen LogP contribution in [0.1, 0.15) is 24.4 Å².